The van der Waals surface area contributed by atoms with Crippen molar-refractivity contribution in [3.63, 3.8) is 0 Å². The molecule has 0 atom stereocenters. The van der Waals surface area contributed by atoms with E-state index in [2.05, 4.69) is 192 Å². The summed E-state index contributed by atoms with van der Waals surface area (Å²) in [5.41, 5.74) is 8.49. The summed E-state index contributed by atoms with van der Waals surface area (Å²) in [7, 11) is 12.4. The van der Waals surface area contributed by atoms with E-state index in [9.17, 15) is 0 Å². The third-order valence-corrected chi connectivity index (χ3v) is 6.69. The second-order valence-corrected chi connectivity index (χ2v) is 15.3. The van der Waals surface area contributed by atoms with E-state index < -0.39 is 0 Å². The molecule has 0 aromatic heterocycles. The first-order valence-electron chi connectivity index (χ1n) is 15.2. The molecule has 234 valence electrons. The number of hydrogen-bond acceptors (Lipinski definition) is 3. The smallest absolute Gasteiger partial charge is 0.307 e. The van der Waals surface area contributed by atoms with Gasteiger partial charge in [0.15, 0.2) is 0 Å². The van der Waals surface area contributed by atoms with E-state index >= 15 is 0 Å². The number of benzene rings is 3. The van der Waals surface area contributed by atoms with Crippen LogP contribution in [-0.4, -0.2) is 57.0 Å². The molecule has 0 radical (unpaired) electrons. The Morgan fingerprint density at radius 2 is 0.628 bits per heavy atom. The van der Waals surface area contributed by atoms with Gasteiger partial charge in [-0.1, -0.05) is 78.6 Å². The summed E-state index contributed by atoms with van der Waals surface area (Å²) < 4.78 is 0. The molecule has 0 amide bonds. The number of rotatable bonds is 6. The Bertz CT molecular complexity index is 989. The summed E-state index contributed by atoms with van der Waals surface area (Å²) in [6.45, 7) is 22.9. The standard InChI is InChI=1S/3C13H20N.Sc/c3*1-13(2,3)12-8-6-11(7-9-12)10-14(4)5;/h3*6,8-9H,10H2,1-5H3;/q3*-1;+3. The fourth-order valence-electron chi connectivity index (χ4n) is 4.09. The average Bonchev–Trinajstić information content (AvgIpc) is 2.83. The van der Waals surface area contributed by atoms with E-state index in [1.165, 1.54) is 33.4 Å². The Hall–Kier alpha value is -1.59. The minimum atomic E-state index is 0. The van der Waals surface area contributed by atoms with E-state index in [1.807, 2.05) is 0 Å². The Morgan fingerprint density at radius 1 is 0.419 bits per heavy atom. The van der Waals surface area contributed by atoms with Crippen LogP contribution in [0.1, 0.15) is 95.7 Å². The molecule has 0 aliphatic rings. The van der Waals surface area contributed by atoms with Gasteiger partial charge in [-0.2, -0.15) is 89.5 Å². The van der Waals surface area contributed by atoms with Crippen molar-refractivity contribution in [3.8, 4) is 0 Å². The van der Waals surface area contributed by atoms with Crippen molar-refractivity contribution in [1.82, 2.24) is 14.7 Å². The fourth-order valence-corrected chi connectivity index (χ4v) is 4.09. The maximum Gasteiger partial charge on any atom is 3.00 e. The molecule has 0 aliphatic heterocycles. The minimum Gasteiger partial charge on any atom is -0.307 e. The van der Waals surface area contributed by atoms with Crippen LogP contribution >= 0.6 is 0 Å². The van der Waals surface area contributed by atoms with Crippen molar-refractivity contribution in [1.29, 1.82) is 0 Å². The number of nitrogens with zero attached hydrogens (tertiary/aromatic N) is 3. The minimum absolute atomic E-state index is 0. The van der Waals surface area contributed by atoms with Gasteiger partial charge in [0.25, 0.3) is 0 Å². The van der Waals surface area contributed by atoms with Crippen LogP contribution in [0.5, 0.6) is 0 Å². The SMILES string of the molecule is CN(C)Cc1[c-]cc(C(C)(C)C)cc1.CN(C)Cc1[c-]cc(C(C)(C)C)cc1.CN(C)Cc1[c-]cc(C(C)(C)C)cc1.[Sc+3]. The maximum absolute atomic E-state index is 3.33. The van der Waals surface area contributed by atoms with Crippen LogP contribution < -0.4 is 0 Å². The third kappa shape index (κ3) is 17.5. The molecule has 0 spiro atoms. The quantitative estimate of drug-likeness (QED) is 0.257. The zero-order chi connectivity index (χ0) is 32.3. The van der Waals surface area contributed by atoms with Crippen molar-refractivity contribution >= 4 is 0 Å². The molecule has 0 saturated heterocycles. The largest absolute Gasteiger partial charge is 3.00 e. The van der Waals surface area contributed by atoms with Gasteiger partial charge in [-0.15, -0.1) is 16.7 Å². The molecule has 0 unspecified atom stereocenters. The van der Waals surface area contributed by atoms with Crippen molar-refractivity contribution in [2.45, 2.75) is 98.2 Å². The van der Waals surface area contributed by atoms with Crippen LogP contribution in [0, 0.1) is 18.2 Å². The van der Waals surface area contributed by atoms with Gasteiger partial charge >= 0.3 is 25.8 Å². The van der Waals surface area contributed by atoms with Gasteiger partial charge in [0, 0.05) is 19.6 Å². The number of hydrogen-bond donors (Lipinski definition) is 0. The zero-order valence-corrected chi connectivity index (χ0v) is 32.0. The van der Waals surface area contributed by atoms with Crippen LogP contribution in [0.15, 0.2) is 54.6 Å². The predicted molar refractivity (Wildman–Crippen MR) is 184 cm³/mol. The van der Waals surface area contributed by atoms with Crippen LogP contribution in [0.2, 0.25) is 0 Å². The molecular formula is C39H60N3Sc. The summed E-state index contributed by atoms with van der Waals surface area (Å²) in [5.74, 6) is 0. The van der Waals surface area contributed by atoms with Crippen LogP contribution in [0.3, 0.4) is 0 Å². The molecule has 3 nitrogen and oxygen atoms in total. The van der Waals surface area contributed by atoms with E-state index in [-0.39, 0.29) is 42.1 Å². The van der Waals surface area contributed by atoms with Crippen molar-refractivity contribution in [2.24, 2.45) is 0 Å². The Balaban J connectivity index is 0.000000608. The van der Waals surface area contributed by atoms with E-state index in [0.29, 0.717) is 0 Å². The third-order valence-electron chi connectivity index (χ3n) is 6.69. The average molecular weight is 616 g/mol. The molecule has 3 rings (SSSR count). The first-order valence-corrected chi connectivity index (χ1v) is 15.2. The molecule has 0 aliphatic carbocycles. The van der Waals surface area contributed by atoms with Gasteiger partial charge in [-0.05, 0) is 42.3 Å². The molecule has 0 bridgehead atoms. The molecular weight excluding hydrogens is 555 g/mol. The Labute approximate surface area is 285 Å². The van der Waals surface area contributed by atoms with Crippen LogP contribution in [0.25, 0.3) is 0 Å². The van der Waals surface area contributed by atoms with E-state index in [0.717, 1.165) is 19.6 Å². The summed E-state index contributed by atoms with van der Waals surface area (Å²) >= 11 is 0. The van der Waals surface area contributed by atoms with Gasteiger partial charge in [0.1, 0.15) is 0 Å². The summed E-state index contributed by atoms with van der Waals surface area (Å²) in [4.78, 5) is 6.47. The molecule has 0 fully saturated rings. The second-order valence-electron chi connectivity index (χ2n) is 15.3. The summed E-state index contributed by atoms with van der Waals surface area (Å²) in [6, 6.07) is 29.4. The Kier molecular flexibility index (Phi) is 17.7. The zero-order valence-electron chi connectivity index (χ0n) is 30.2. The van der Waals surface area contributed by atoms with Gasteiger partial charge < -0.3 is 14.7 Å². The second kappa shape index (κ2) is 18.4. The molecule has 0 N–H and O–H groups in total. The maximum atomic E-state index is 3.33. The summed E-state index contributed by atoms with van der Waals surface area (Å²) in [6.07, 6.45) is 0. The fraction of sp³-hybridized carbons (Fsp3) is 0.538. The molecule has 3 aromatic carbocycles. The van der Waals surface area contributed by atoms with Gasteiger partial charge in [-0.3, -0.25) is 0 Å². The molecule has 4 heteroatoms. The molecule has 43 heavy (non-hydrogen) atoms. The molecule has 3 aromatic rings. The first kappa shape index (κ1) is 41.4. The Morgan fingerprint density at radius 3 is 0.744 bits per heavy atom. The monoisotopic (exact) mass is 615 g/mol. The van der Waals surface area contributed by atoms with Gasteiger partial charge in [0.05, 0.1) is 0 Å². The van der Waals surface area contributed by atoms with Crippen molar-refractivity contribution in [2.75, 3.05) is 42.3 Å². The van der Waals surface area contributed by atoms with Crippen molar-refractivity contribution < 1.29 is 25.8 Å². The topological polar surface area (TPSA) is 9.72 Å². The van der Waals surface area contributed by atoms with E-state index in [4.69, 9.17) is 0 Å². The van der Waals surface area contributed by atoms with Gasteiger partial charge in [0.2, 0.25) is 0 Å². The van der Waals surface area contributed by atoms with Crippen LogP contribution in [0.4, 0.5) is 0 Å². The van der Waals surface area contributed by atoms with E-state index in [1.54, 1.807) is 0 Å². The molecule has 0 saturated carbocycles. The first-order chi connectivity index (χ1) is 19.2. The van der Waals surface area contributed by atoms with Crippen LogP contribution in [-0.2, 0) is 61.7 Å². The van der Waals surface area contributed by atoms with Crippen molar-refractivity contribution in [3.05, 3.63) is 106 Å². The predicted octanol–water partition coefficient (Wildman–Crippen LogP) is 8.54. The normalized spacial score (nSPS) is 11.9. The van der Waals surface area contributed by atoms with Gasteiger partial charge in [-0.25, -0.2) is 0 Å². The molecule has 0 heterocycles. The summed E-state index contributed by atoms with van der Waals surface area (Å²) in [5, 5.41) is 0.